The molecule has 1 N–H and O–H groups in total. The summed E-state index contributed by atoms with van der Waals surface area (Å²) < 4.78 is 5.18. The molecule has 2 heterocycles. The molecule has 1 saturated heterocycles. The third-order valence-corrected chi connectivity index (χ3v) is 3.94. The van der Waals surface area contributed by atoms with E-state index >= 15 is 0 Å². The van der Waals surface area contributed by atoms with E-state index < -0.39 is 0 Å². The topological polar surface area (TPSA) is 34.2 Å². The lowest BCUT2D eigenvalue weighted by atomic mass is 10.2. The molecule has 2 rings (SSSR count). The van der Waals surface area contributed by atoms with Crippen molar-refractivity contribution in [1.29, 1.82) is 0 Å². The number of hydrogen-bond donors (Lipinski definition) is 1. The van der Waals surface area contributed by atoms with Gasteiger partial charge in [-0.2, -0.15) is 0 Å². The number of aromatic nitrogens is 1. The van der Waals surface area contributed by atoms with Gasteiger partial charge in [-0.1, -0.05) is 31.7 Å². The molecule has 0 spiro atoms. The van der Waals surface area contributed by atoms with Gasteiger partial charge in [-0.05, 0) is 18.1 Å². The van der Waals surface area contributed by atoms with Crippen LogP contribution in [0.3, 0.4) is 0 Å². The summed E-state index contributed by atoms with van der Waals surface area (Å²) >= 11 is 1.83. The summed E-state index contributed by atoms with van der Waals surface area (Å²) in [6.07, 6.45) is 1.98. The van der Waals surface area contributed by atoms with Gasteiger partial charge in [0, 0.05) is 18.8 Å². The SMILES string of the molecule is Cc1cc(CNC(C)C)cnc1SC1COC1. The van der Waals surface area contributed by atoms with Crippen LogP contribution in [0.5, 0.6) is 0 Å². The lowest BCUT2D eigenvalue weighted by Gasteiger charge is -2.25. The highest BCUT2D eigenvalue weighted by atomic mass is 32.2. The first kappa shape index (κ1) is 12.9. The minimum atomic E-state index is 0.511. The van der Waals surface area contributed by atoms with Crippen LogP contribution in [0.1, 0.15) is 25.0 Å². The van der Waals surface area contributed by atoms with Gasteiger partial charge in [-0.15, -0.1) is 0 Å². The summed E-state index contributed by atoms with van der Waals surface area (Å²) in [4.78, 5) is 4.55. The quantitative estimate of drug-likeness (QED) is 0.872. The fourth-order valence-corrected chi connectivity index (χ4v) is 2.61. The monoisotopic (exact) mass is 252 g/mol. The summed E-state index contributed by atoms with van der Waals surface area (Å²) in [7, 11) is 0. The van der Waals surface area contributed by atoms with Crippen molar-refractivity contribution in [2.75, 3.05) is 13.2 Å². The first-order valence-electron chi connectivity index (χ1n) is 6.08. The van der Waals surface area contributed by atoms with Crippen molar-refractivity contribution < 1.29 is 4.74 Å². The highest BCUT2D eigenvalue weighted by Crippen LogP contribution is 2.28. The minimum absolute atomic E-state index is 0.511. The third kappa shape index (κ3) is 3.69. The lowest BCUT2D eigenvalue weighted by Crippen LogP contribution is -2.30. The van der Waals surface area contributed by atoms with Crippen molar-refractivity contribution in [2.45, 2.75) is 43.6 Å². The summed E-state index contributed by atoms with van der Waals surface area (Å²) in [5, 5.41) is 5.15. The van der Waals surface area contributed by atoms with Gasteiger partial charge in [0.05, 0.1) is 23.5 Å². The zero-order valence-corrected chi connectivity index (χ0v) is 11.5. The molecule has 94 valence electrons. The molecule has 0 aliphatic carbocycles. The van der Waals surface area contributed by atoms with Crippen molar-refractivity contribution in [1.82, 2.24) is 10.3 Å². The molecular weight excluding hydrogens is 232 g/mol. The van der Waals surface area contributed by atoms with E-state index in [1.165, 1.54) is 11.1 Å². The molecule has 0 amide bonds. The predicted molar refractivity (Wildman–Crippen MR) is 71.4 cm³/mol. The van der Waals surface area contributed by atoms with Gasteiger partial charge in [0.1, 0.15) is 0 Å². The Morgan fingerprint density at radius 3 is 2.82 bits per heavy atom. The van der Waals surface area contributed by atoms with Gasteiger partial charge in [-0.3, -0.25) is 0 Å². The van der Waals surface area contributed by atoms with Gasteiger partial charge < -0.3 is 10.1 Å². The second-order valence-electron chi connectivity index (χ2n) is 4.78. The van der Waals surface area contributed by atoms with Crippen molar-refractivity contribution >= 4 is 11.8 Å². The zero-order chi connectivity index (χ0) is 12.3. The van der Waals surface area contributed by atoms with Gasteiger partial charge in [0.2, 0.25) is 0 Å². The Kier molecular flexibility index (Phi) is 4.42. The number of ether oxygens (including phenoxy) is 1. The molecule has 1 aromatic rings. The lowest BCUT2D eigenvalue weighted by molar-refractivity contribution is 0.0454. The molecule has 0 atom stereocenters. The summed E-state index contributed by atoms with van der Waals surface area (Å²) in [6.45, 7) is 9.06. The molecule has 0 unspecified atom stereocenters. The molecule has 17 heavy (non-hydrogen) atoms. The highest BCUT2D eigenvalue weighted by Gasteiger charge is 2.20. The number of aryl methyl sites for hydroxylation is 1. The average molecular weight is 252 g/mol. The number of pyridine rings is 1. The van der Waals surface area contributed by atoms with Crippen molar-refractivity contribution in [3.63, 3.8) is 0 Å². The summed E-state index contributed by atoms with van der Waals surface area (Å²) in [5.41, 5.74) is 2.52. The second-order valence-corrected chi connectivity index (χ2v) is 6.07. The Hall–Kier alpha value is -0.580. The van der Waals surface area contributed by atoms with Crippen molar-refractivity contribution in [3.05, 3.63) is 23.4 Å². The molecule has 1 aliphatic heterocycles. The maximum absolute atomic E-state index is 5.18. The van der Waals surface area contributed by atoms with Crippen molar-refractivity contribution in [2.24, 2.45) is 0 Å². The largest absolute Gasteiger partial charge is 0.379 e. The third-order valence-electron chi connectivity index (χ3n) is 2.69. The van der Waals surface area contributed by atoms with E-state index in [1.807, 2.05) is 18.0 Å². The molecule has 1 aliphatic rings. The summed E-state index contributed by atoms with van der Waals surface area (Å²) in [5.74, 6) is 0. The minimum Gasteiger partial charge on any atom is -0.379 e. The van der Waals surface area contributed by atoms with E-state index in [2.05, 4.69) is 37.1 Å². The number of nitrogens with one attached hydrogen (secondary N) is 1. The van der Waals surface area contributed by atoms with E-state index in [1.54, 1.807) is 0 Å². The fraction of sp³-hybridized carbons (Fsp3) is 0.615. The molecule has 0 saturated carbocycles. The maximum Gasteiger partial charge on any atom is 0.0993 e. The average Bonchev–Trinajstić information content (AvgIpc) is 2.22. The van der Waals surface area contributed by atoms with E-state index in [4.69, 9.17) is 4.74 Å². The van der Waals surface area contributed by atoms with Crippen LogP contribution in [0.25, 0.3) is 0 Å². The smallest absolute Gasteiger partial charge is 0.0993 e. The van der Waals surface area contributed by atoms with Crippen molar-refractivity contribution in [3.8, 4) is 0 Å². The molecule has 1 fully saturated rings. The van der Waals surface area contributed by atoms with Crippen LogP contribution in [0.2, 0.25) is 0 Å². The molecule has 4 heteroatoms. The predicted octanol–water partition coefficient (Wildman–Crippen LogP) is 2.38. The first-order chi connectivity index (χ1) is 8.15. The van der Waals surface area contributed by atoms with Gasteiger partial charge >= 0.3 is 0 Å². The van der Waals surface area contributed by atoms with Gasteiger partial charge in [0.15, 0.2) is 0 Å². The Morgan fingerprint density at radius 2 is 2.29 bits per heavy atom. The van der Waals surface area contributed by atoms with Crippen LogP contribution in [0.4, 0.5) is 0 Å². The molecular formula is C13H20N2OS. The molecule has 0 aromatic carbocycles. The normalized spacial score (nSPS) is 16.2. The van der Waals surface area contributed by atoms with E-state index in [0.717, 1.165) is 24.8 Å². The second kappa shape index (κ2) is 5.85. The van der Waals surface area contributed by atoms with Crippen LogP contribution < -0.4 is 5.32 Å². The molecule has 0 radical (unpaired) electrons. The van der Waals surface area contributed by atoms with Crippen LogP contribution in [0.15, 0.2) is 17.3 Å². The van der Waals surface area contributed by atoms with E-state index in [0.29, 0.717) is 11.3 Å². The Labute approximate surface area is 107 Å². The highest BCUT2D eigenvalue weighted by molar-refractivity contribution is 8.00. The van der Waals surface area contributed by atoms with E-state index in [-0.39, 0.29) is 0 Å². The van der Waals surface area contributed by atoms with Crippen LogP contribution in [-0.4, -0.2) is 29.5 Å². The van der Waals surface area contributed by atoms with Crippen LogP contribution in [-0.2, 0) is 11.3 Å². The first-order valence-corrected chi connectivity index (χ1v) is 6.96. The number of hydrogen-bond acceptors (Lipinski definition) is 4. The molecule has 3 nitrogen and oxygen atoms in total. The van der Waals surface area contributed by atoms with Crippen LogP contribution in [0, 0.1) is 6.92 Å². The fourth-order valence-electron chi connectivity index (χ4n) is 1.60. The van der Waals surface area contributed by atoms with Gasteiger partial charge in [0.25, 0.3) is 0 Å². The number of rotatable bonds is 5. The van der Waals surface area contributed by atoms with Gasteiger partial charge in [-0.25, -0.2) is 4.98 Å². The Morgan fingerprint density at radius 1 is 1.53 bits per heavy atom. The number of thioether (sulfide) groups is 1. The maximum atomic E-state index is 5.18. The Balaban J connectivity index is 1.95. The molecule has 0 bridgehead atoms. The standard InChI is InChI=1S/C13H20N2OS/c1-9(2)14-5-11-4-10(3)13(15-6-11)17-12-7-16-8-12/h4,6,9,12,14H,5,7-8H2,1-3H3. The Bertz CT molecular complexity index is 378. The van der Waals surface area contributed by atoms with E-state index in [9.17, 15) is 0 Å². The molecule has 1 aromatic heterocycles. The summed E-state index contributed by atoms with van der Waals surface area (Å²) in [6, 6.07) is 2.74. The zero-order valence-electron chi connectivity index (χ0n) is 10.7. The van der Waals surface area contributed by atoms with Crippen LogP contribution >= 0.6 is 11.8 Å². The number of nitrogens with zero attached hydrogens (tertiary/aromatic N) is 1.